The third kappa shape index (κ3) is 2.90. The number of nitrogens with two attached hydrogens (primary N) is 1. The Labute approximate surface area is 119 Å². The summed E-state index contributed by atoms with van der Waals surface area (Å²) in [4.78, 5) is 8.05. The normalized spacial score (nSPS) is 10.3. The smallest absolute Gasteiger partial charge is 0.249 e. The number of hydrogen-bond acceptors (Lipinski definition) is 4. The molecule has 0 unspecified atom stereocenters. The fourth-order valence-corrected chi connectivity index (χ4v) is 1.89. The van der Waals surface area contributed by atoms with Crippen molar-refractivity contribution >= 4 is 21.8 Å². The van der Waals surface area contributed by atoms with E-state index in [4.69, 9.17) is 15.9 Å². The zero-order valence-electron chi connectivity index (χ0n) is 10.6. The second kappa shape index (κ2) is 5.36. The number of aryl methyl sites for hydroxylation is 2. The molecule has 0 amide bonds. The van der Waals surface area contributed by atoms with Crippen molar-refractivity contribution in [2.24, 2.45) is 5.73 Å². The molecule has 0 spiro atoms. The molecule has 98 valence electrons. The molecule has 0 saturated carbocycles. The molecule has 2 aromatic rings. The number of nitrogen functional groups attached to an aromatic ring is 1. The summed E-state index contributed by atoms with van der Waals surface area (Å²) < 4.78 is 6.72. The van der Waals surface area contributed by atoms with Crippen molar-refractivity contribution in [1.29, 1.82) is 5.41 Å². The molecular weight excluding hydrogens is 308 g/mol. The molecule has 1 aromatic carbocycles. The van der Waals surface area contributed by atoms with Gasteiger partial charge in [0, 0.05) is 16.9 Å². The third-order valence-corrected chi connectivity index (χ3v) is 3.80. The van der Waals surface area contributed by atoms with Crippen molar-refractivity contribution in [2.75, 3.05) is 0 Å². The highest BCUT2D eigenvalue weighted by Gasteiger charge is 2.11. The maximum atomic E-state index is 7.45. The average Bonchev–Trinajstić information content (AvgIpc) is 2.36. The van der Waals surface area contributed by atoms with Gasteiger partial charge in [-0.15, -0.1) is 0 Å². The summed E-state index contributed by atoms with van der Waals surface area (Å²) in [7, 11) is 0. The molecular formula is C13H13BrN4O. The van der Waals surface area contributed by atoms with Gasteiger partial charge in [0.05, 0.1) is 0 Å². The molecule has 19 heavy (non-hydrogen) atoms. The number of nitrogens with one attached hydrogen (secondary N) is 1. The van der Waals surface area contributed by atoms with Crippen LogP contribution in [0.1, 0.15) is 16.8 Å². The highest BCUT2D eigenvalue weighted by atomic mass is 79.9. The minimum Gasteiger partial charge on any atom is -0.437 e. The van der Waals surface area contributed by atoms with Crippen LogP contribution in [0.25, 0.3) is 0 Å². The van der Waals surface area contributed by atoms with E-state index in [1.165, 1.54) is 12.4 Å². The summed E-state index contributed by atoms with van der Waals surface area (Å²) in [5.41, 5.74) is 7.80. The molecule has 0 atom stereocenters. The molecule has 0 aliphatic heterocycles. The van der Waals surface area contributed by atoms with Gasteiger partial charge in [-0.1, -0.05) is 15.9 Å². The fourth-order valence-electron chi connectivity index (χ4n) is 1.66. The number of benzene rings is 1. The van der Waals surface area contributed by atoms with Crippen molar-refractivity contribution in [3.63, 3.8) is 0 Å². The lowest BCUT2D eigenvalue weighted by molar-refractivity contribution is 0.458. The molecule has 6 heteroatoms. The SMILES string of the molecule is Cc1cc(Oc2nccnc2C(=N)N)cc(C)c1Br. The van der Waals surface area contributed by atoms with Gasteiger partial charge in [0.15, 0.2) is 5.69 Å². The summed E-state index contributed by atoms with van der Waals surface area (Å²) in [6.45, 7) is 3.96. The number of amidine groups is 1. The fraction of sp³-hybridized carbons (Fsp3) is 0.154. The zero-order valence-corrected chi connectivity index (χ0v) is 12.2. The molecule has 0 fully saturated rings. The predicted octanol–water partition coefficient (Wildman–Crippen LogP) is 2.93. The summed E-state index contributed by atoms with van der Waals surface area (Å²) in [6, 6.07) is 3.77. The van der Waals surface area contributed by atoms with Crippen LogP contribution in [0.5, 0.6) is 11.6 Å². The first kappa shape index (κ1) is 13.5. The first-order chi connectivity index (χ1) is 8.99. The van der Waals surface area contributed by atoms with Gasteiger partial charge in [-0.3, -0.25) is 5.41 Å². The van der Waals surface area contributed by atoms with Gasteiger partial charge in [-0.05, 0) is 37.1 Å². The molecule has 2 rings (SSSR count). The first-order valence-electron chi connectivity index (χ1n) is 5.59. The molecule has 0 aliphatic rings. The minimum absolute atomic E-state index is 0.173. The number of rotatable bonds is 3. The largest absolute Gasteiger partial charge is 0.437 e. The van der Waals surface area contributed by atoms with Gasteiger partial charge in [0.2, 0.25) is 5.88 Å². The topological polar surface area (TPSA) is 84.9 Å². The van der Waals surface area contributed by atoms with Crippen molar-refractivity contribution < 1.29 is 4.74 Å². The lowest BCUT2D eigenvalue weighted by atomic mass is 10.1. The number of hydrogen-bond donors (Lipinski definition) is 2. The first-order valence-corrected chi connectivity index (χ1v) is 6.38. The van der Waals surface area contributed by atoms with Crippen molar-refractivity contribution in [1.82, 2.24) is 9.97 Å². The number of halogens is 1. The van der Waals surface area contributed by atoms with E-state index in [1.54, 1.807) is 0 Å². The summed E-state index contributed by atoms with van der Waals surface area (Å²) >= 11 is 3.50. The van der Waals surface area contributed by atoms with Crippen LogP contribution in [0.2, 0.25) is 0 Å². The Balaban J connectivity index is 2.39. The molecule has 0 bridgehead atoms. The van der Waals surface area contributed by atoms with Crippen LogP contribution >= 0.6 is 15.9 Å². The zero-order chi connectivity index (χ0) is 14.0. The standard InChI is InChI=1S/C13H13BrN4O/c1-7-5-9(6-8(2)10(7)14)19-13-11(12(15)16)17-3-4-18-13/h3-6H,1-2H3,(H3,15,16). The van der Waals surface area contributed by atoms with Gasteiger partial charge in [0.25, 0.3) is 0 Å². The average molecular weight is 321 g/mol. The number of ether oxygens (including phenoxy) is 1. The molecule has 1 heterocycles. The van der Waals surface area contributed by atoms with Gasteiger partial charge >= 0.3 is 0 Å². The van der Waals surface area contributed by atoms with Crippen LogP contribution in [-0.2, 0) is 0 Å². The van der Waals surface area contributed by atoms with E-state index >= 15 is 0 Å². The highest BCUT2D eigenvalue weighted by molar-refractivity contribution is 9.10. The Hall–Kier alpha value is -1.95. The van der Waals surface area contributed by atoms with E-state index in [9.17, 15) is 0 Å². The quantitative estimate of drug-likeness (QED) is 0.672. The van der Waals surface area contributed by atoms with Gasteiger partial charge in [-0.2, -0.15) is 0 Å². The van der Waals surface area contributed by atoms with Gasteiger partial charge < -0.3 is 10.5 Å². The number of nitrogens with zero attached hydrogens (tertiary/aromatic N) is 2. The van der Waals surface area contributed by atoms with E-state index in [0.717, 1.165) is 15.6 Å². The Kier molecular flexibility index (Phi) is 3.80. The second-order valence-electron chi connectivity index (χ2n) is 4.10. The summed E-state index contributed by atoms with van der Waals surface area (Å²) in [6.07, 6.45) is 2.97. The molecule has 5 nitrogen and oxygen atoms in total. The molecule has 3 N–H and O–H groups in total. The van der Waals surface area contributed by atoms with E-state index in [2.05, 4.69) is 25.9 Å². The molecule has 0 radical (unpaired) electrons. The highest BCUT2D eigenvalue weighted by Crippen LogP contribution is 2.29. The lowest BCUT2D eigenvalue weighted by Crippen LogP contribution is -2.15. The third-order valence-electron chi connectivity index (χ3n) is 2.54. The Morgan fingerprint density at radius 1 is 1.21 bits per heavy atom. The lowest BCUT2D eigenvalue weighted by Gasteiger charge is -2.10. The van der Waals surface area contributed by atoms with Crippen LogP contribution in [0, 0.1) is 19.3 Å². The van der Waals surface area contributed by atoms with Crippen LogP contribution < -0.4 is 10.5 Å². The van der Waals surface area contributed by atoms with Crippen LogP contribution in [-0.4, -0.2) is 15.8 Å². The summed E-state index contributed by atoms with van der Waals surface area (Å²) in [5.74, 6) is 0.700. The van der Waals surface area contributed by atoms with E-state index in [1.807, 2.05) is 26.0 Å². The van der Waals surface area contributed by atoms with Crippen LogP contribution in [0.4, 0.5) is 0 Å². The van der Waals surface area contributed by atoms with E-state index in [0.29, 0.717) is 5.75 Å². The monoisotopic (exact) mass is 320 g/mol. The summed E-state index contributed by atoms with van der Waals surface area (Å²) in [5, 5.41) is 7.45. The van der Waals surface area contributed by atoms with Crippen molar-refractivity contribution in [3.05, 3.63) is 45.8 Å². The maximum Gasteiger partial charge on any atom is 0.249 e. The second-order valence-corrected chi connectivity index (χ2v) is 4.89. The van der Waals surface area contributed by atoms with E-state index < -0.39 is 0 Å². The predicted molar refractivity (Wildman–Crippen MR) is 76.7 cm³/mol. The minimum atomic E-state index is -0.173. The Bertz CT molecular complexity index is 619. The molecule has 1 aromatic heterocycles. The molecule has 0 aliphatic carbocycles. The Morgan fingerprint density at radius 3 is 2.37 bits per heavy atom. The van der Waals surface area contributed by atoms with Crippen LogP contribution in [0.3, 0.4) is 0 Å². The van der Waals surface area contributed by atoms with Gasteiger partial charge in [-0.25, -0.2) is 9.97 Å². The maximum absolute atomic E-state index is 7.45. The molecule has 0 saturated heterocycles. The van der Waals surface area contributed by atoms with Crippen molar-refractivity contribution in [3.8, 4) is 11.6 Å². The number of aromatic nitrogens is 2. The Morgan fingerprint density at radius 2 is 1.79 bits per heavy atom. The van der Waals surface area contributed by atoms with Gasteiger partial charge in [0.1, 0.15) is 11.6 Å². The van der Waals surface area contributed by atoms with Crippen LogP contribution in [0.15, 0.2) is 29.0 Å². The van der Waals surface area contributed by atoms with E-state index in [-0.39, 0.29) is 17.4 Å². The van der Waals surface area contributed by atoms with Crippen molar-refractivity contribution in [2.45, 2.75) is 13.8 Å².